The molecular formula is C15H22N4O3. The zero-order valence-corrected chi connectivity index (χ0v) is 12.7. The minimum atomic E-state index is -0.262. The average molecular weight is 306 g/mol. The van der Waals surface area contributed by atoms with Gasteiger partial charge in [0, 0.05) is 12.1 Å². The molecular weight excluding hydrogens is 284 g/mol. The highest BCUT2D eigenvalue weighted by molar-refractivity contribution is 5.74. The Labute approximate surface area is 129 Å². The second-order valence-electron chi connectivity index (χ2n) is 6.07. The minimum Gasteiger partial charge on any atom is -0.377 e. The van der Waals surface area contributed by atoms with Crippen molar-refractivity contribution in [1.82, 2.24) is 20.4 Å². The Balaban J connectivity index is 1.66. The lowest BCUT2D eigenvalue weighted by molar-refractivity contribution is 0.180. The molecule has 2 atom stereocenters. The van der Waals surface area contributed by atoms with Crippen LogP contribution in [0.2, 0.25) is 0 Å². The van der Waals surface area contributed by atoms with Crippen molar-refractivity contribution in [2.45, 2.75) is 50.7 Å². The van der Waals surface area contributed by atoms with Gasteiger partial charge in [0.1, 0.15) is 6.04 Å². The lowest BCUT2D eigenvalue weighted by atomic mass is 10.1. The number of rotatable bonds is 3. The smallest absolute Gasteiger partial charge is 0.315 e. The molecule has 7 heteroatoms. The van der Waals surface area contributed by atoms with Crippen LogP contribution in [0.1, 0.15) is 37.4 Å². The number of hydrogen-bond donors (Lipinski definition) is 2. The summed E-state index contributed by atoms with van der Waals surface area (Å²) in [5, 5.41) is 10.2. The summed E-state index contributed by atoms with van der Waals surface area (Å²) in [6, 6.07) is 2.75. The van der Waals surface area contributed by atoms with Crippen molar-refractivity contribution in [3.63, 3.8) is 0 Å². The van der Waals surface area contributed by atoms with Gasteiger partial charge in [0.15, 0.2) is 0 Å². The van der Waals surface area contributed by atoms with Gasteiger partial charge >= 0.3 is 6.03 Å². The Morgan fingerprint density at radius 1 is 1.27 bits per heavy atom. The summed E-state index contributed by atoms with van der Waals surface area (Å²) >= 11 is 0. The maximum Gasteiger partial charge on any atom is 0.315 e. The molecule has 1 aliphatic heterocycles. The summed E-state index contributed by atoms with van der Waals surface area (Å²) in [7, 11) is 0. The normalized spacial score (nSPS) is 25.3. The second kappa shape index (κ2) is 6.48. The monoisotopic (exact) mass is 306 g/mol. The highest BCUT2D eigenvalue weighted by Crippen LogP contribution is 2.19. The van der Waals surface area contributed by atoms with Crippen LogP contribution in [0, 0.1) is 6.92 Å². The Morgan fingerprint density at radius 3 is 2.82 bits per heavy atom. The van der Waals surface area contributed by atoms with E-state index < -0.39 is 0 Å². The van der Waals surface area contributed by atoms with Gasteiger partial charge in [-0.1, -0.05) is 12.8 Å². The van der Waals surface area contributed by atoms with Crippen molar-refractivity contribution in [2.24, 2.45) is 0 Å². The average Bonchev–Trinajstić information content (AvgIpc) is 3.13. The predicted molar refractivity (Wildman–Crippen MR) is 80.8 cm³/mol. The van der Waals surface area contributed by atoms with Crippen LogP contribution in [-0.2, 0) is 4.74 Å². The van der Waals surface area contributed by atoms with Crippen LogP contribution in [0.15, 0.2) is 16.9 Å². The summed E-state index contributed by atoms with van der Waals surface area (Å²) < 4.78 is 6.87. The van der Waals surface area contributed by atoms with Crippen LogP contribution in [-0.4, -0.2) is 41.1 Å². The molecule has 1 aromatic heterocycles. The Kier molecular flexibility index (Phi) is 4.42. The van der Waals surface area contributed by atoms with E-state index in [1.807, 2.05) is 6.92 Å². The van der Waals surface area contributed by atoms with Crippen molar-refractivity contribution in [1.29, 1.82) is 0 Å². The first-order valence-electron chi connectivity index (χ1n) is 7.85. The third-order valence-electron chi connectivity index (χ3n) is 4.33. The summed E-state index contributed by atoms with van der Waals surface area (Å²) in [6.45, 7) is 2.61. The summed E-state index contributed by atoms with van der Waals surface area (Å²) in [5.74, 6) is 0. The number of ether oxygens (including phenoxy) is 1. The number of amides is 2. The molecule has 2 aliphatic rings. The third kappa shape index (κ3) is 3.30. The summed E-state index contributed by atoms with van der Waals surface area (Å²) in [5.41, 5.74) is 0.588. The van der Waals surface area contributed by atoms with Gasteiger partial charge in [0.2, 0.25) is 0 Å². The van der Waals surface area contributed by atoms with E-state index in [1.165, 1.54) is 23.6 Å². The highest BCUT2D eigenvalue weighted by Gasteiger charge is 2.33. The maximum absolute atomic E-state index is 12.1. The fourth-order valence-corrected chi connectivity index (χ4v) is 3.15. The molecule has 3 rings (SSSR count). The van der Waals surface area contributed by atoms with E-state index in [2.05, 4.69) is 15.7 Å². The van der Waals surface area contributed by atoms with Crippen LogP contribution in [0.5, 0.6) is 0 Å². The maximum atomic E-state index is 12.1. The van der Waals surface area contributed by atoms with Crippen LogP contribution in [0.3, 0.4) is 0 Å². The molecule has 0 bridgehead atoms. The standard InChI is InChI=1S/C15H22N4O3/c1-10-6-7-14(20)19(18-10)13-9-22-8-12(13)17-15(21)16-11-4-2-3-5-11/h6-7,11-13H,2-5,8-9H2,1H3,(H2,16,17,21). The lowest BCUT2D eigenvalue weighted by Gasteiger charge is -2.22. The van der Waals surface area contributed by atoms with Crippen LogP contribution in [0.4, 0.5) is 4.79 Å². The van der Waals surface area contributed by atoms with Crippen LogP contribution >= 0.6 is 0 Å². The van der Waals surface area contributed by atoms with E-state index in [1.54, 1.807) is 6.07 Å². The number of nitrogens with zero attached hydrogens (tertiary/aromatic N) is 2. The number of nitrogens with one attached hydrogen (secondary N) is 2. The Hall–Kier alpha value is -1.89. The van der Waals surface area contributed by atoms with Crippen LogP contribution < -0.4 is 16.2 Å². The lowest BCUT2D eigenvalue weighted by Crippen LogP contribution is -2.49. The molecule has 2 fully saturated rings. The number of aryl methyl sites for hydroxylation is 1. The van der Waals surface area contributed by atoms with Crippen molar-refractivity contribution in [3.8, 4) is 0 Å². The fraction of sp³-hybridized carbons (Fsp3) is 0.667. The molecule has 1 aromatic rings. The quantitative estimate of drug-likeness (QED) is 0.862. The molecule has 1 saturated carbocycles. The molecule has 2 N–H and O–H groups in total. The van der Waals surface area contributed by atoms with Gasteiger partial charge in [-0.25, -0.2) is 9.48 Å². The predicted octanol–water partition coefficient (Wildman–Crippen LogP) is 0.733. The van der Waals surface area contributed by atoms with Gasteiger partial charge in [-0.2, -0.15) is 5.10 Å². The van der Waals surface area contributed by atoms with Crippen molar-refractivity contribution in [2.75, 3.05) is 13.2 Å². The number of hydrogen-bond acceptors (Lipinski definition) is 4. The Morgan fingerprint density at radius 2 is 2.05 bits per heavy atom. The van der Waals surface area contributed by atoms with E-state index in [0.717, 1.165) is 18.5 Å². The molecule has 2 heterocycles. The SMILES string of the molecule is Cc1ccc(=O)n(C2COCC2NC(=O)NC2CCCC2)n1. The molecule has 1 aliphatic carbocycles. The number of urea groups is 1. The fourth-order valence-electron chi connectivity index (χ4n) is 3.15. The second-order valence-corrected chi connectivity index (χ2v) is 6.07. The molecule has 2 amide bonds. The van der Waals surface area contributed by atoms with E-state index >= 15 is 0 Å². The molecule has 7 nitrogen and oxygen atoms in total. The summed E-state index contributed by atoms with van der Waals surface area (Å²) in [4.78, 5) is 24.1. The molecule has 0 aromatic carbocycles. The molecule has 120 valence electrons. The van der Waals surface area contributed by atoms with Crippen molar-refractivity contribution < 1.29 is 9.53 Å². The van der Waals surface area contributed by atoms with Crippen LogP contribution in [0.25, 0.3) is 0 Å². The van der Waals surface area contributed by atoms with E-state index in [4.69, 9.17) is 4.74 Å². The van der Waals surface area contributed by atoms with Gasteiger partial charge in [-0.3, -0.25) is 4.79 Å². The van der Waals surface area contributed by atoms with E-state index in [-0.39, 0.29) is 29.7 Å². The topological polar surface area (TPSA) is 85.2 Å². The van der Waals surface area contributed by atoms with E-state index in [9.17, 15) is 9.59 Å². The molecule has 2 unspecified atom stereocenters. The third-order valence-corrected chi connectivity index (χ3v) is 4.33. The molecule has 0 radical (unpaired) electrons. The first kappa shape index (κ1) is 15.0. The molecule has 1 saturated heterocycles. The van der Waals surface area contributed by atoms with Crippen molar-refractivity contribution >= 4 is 6.03 Å². The number of carbonyl (C=O) groups excluding carboxylic acids is 1. The minimum absolute atomic E-state index is 0.177. The van der Waals surface area contributed by atoms with Gasteiger partial charge in [0.05, 0.1) is 24.9 Å². The first-order valence-corrected chi connectivity index (χ1v) is 7.85. The zero-order chi connectivity index (χ0) is 15.5. The summed E-state index contributed by atoms with van der Waals surface area (Å²) in [6.07, 6.45) is 4.42. The first-order chi connectivity index (χ1) is 10.6. The largest absolute Gasteiger partial charge is 0.377 e. The molecule has 0 spiro atoms. The Bertz CT molecular complexity index is 595. The van der Waals surface area contributed by atoms with Crippen molar-refractivity contribution in [3.05, 3.63) is 28.2 Å². The van der Waals surface area contributed by atoms with E-state index in [0.29, 0.717) is 13.2 Å². The van der Waals surface area contributed by atoms with Gasteiger partial charge < -0.3 is 15.4 Å². The molecule has 22 heavy (non-hydrogen) atoms. The number of aromatic nitrogens is 2. The van der Waals surface area contributed by atoms with Gasteiger partial charge in [-0.15, -0.1) is 0 Å². The highest BCUT2D eigenvalue weighted by atomic mass is 16.5. The number of carbonyl (C=O) groups is 1. The van der Waals surface area contributed by atoms with Gasteiger partial charge in [0.25, 0.3) is 5.56 Å². The van der Waals surface area contributed by atoms with Gasteiger partial charge in [-0.05, 0) is 25.8 Å². The zero-order valence-electron chi connectivity index (χ0n) is 12.7.